The lowest BCUT2D eigenvalue weighted by molar-refractivity contribution is 0.122. The van der Waals surface area contributed by atoms with Gasteiger partial charge in [0.05, 0.1) is 13.2 Å². The number of benzene rings is 2. The van der Waals surface area contributed by atoms with Crippen molar-refractivity contribution in [3.05, 3.63) is 60.4 Å². The molecule has 1 aliphatic rings. The predicted octanol–water partition coefficient (Wildman–Crippen LogP) is 3.20. The minimum Gasteiger partial charge on any atom is -0.378 e. The van der Waals surface area contributed by atoms with Gasteiger partial charge in [-0.25, -0.2) is 9.37 Å². The van der Waals surface area contributed by atoms with Crippen LogP contribution in [-0.4, -0.2) is 51.5 Å². The lowest BCUT2D eigenvalue weighted by atomic mass is 10.2. The number of ether oxygens (including phenoxy) is 1. The summed E-state index contributed by atoms with van der Waals surface area (Å²) >= 11 is 0. The lowest BCUT2D eigenvalue weighted by Gasteiger charge is -2.28. The number of halogens is 1. The maximum Gasteiger partial charge on any atom is 0.231 e. The van der Waals surface area contributed by atoms with Crippen molar-refractivity contribution in [3.63, 3.8) is 0 Å². The Labute approximate surface area is 171 Å². The monoisotopic (exact) mass is 403 g/mol. The SMILES string of the molecule is Fc1ccc(-c2nnc3nc(Nc4ccccc4)nc(N4CCOCC4)c3n2)cc1. The fourth-order valence-corrected chi connectivity index (χ4v) is 3.25. The summed E-state index contributed by atoms with van der Waals surface area (Å²) in [5, 5.41) is 11.7. The van der Waals surface area contributed by atoms with Crippen LogP contribution in [0.1, 0.15) is 0 Å². The van der Waals surface area contributed by atoms with E-state index in [4.69, 9.17) is 9.72 Å². The van der Waals surface area contributed by atoms with Gasteiger partial charge in [0.1, 0.15) is 5.82 Å². The van der Waals surface area contributed by atoms with E-state index in [1.165, 1.54) is 12.1 Å². The van der Waals surface area contributed by atoms with Crippen molar-refractivity contribution in [2.45, 2.75) is 0 Å². The summed E-state index contributed by atoms with van der Waals surface area (Å²) in [4.78, 5) is 16.0. The topological polar surface area (TPSA) is 89.0 Å². The van der Waals surface area contributed by atoms with Crippen molar-refractivity contribution in [1.29, 1.82) is 0 Å². The minimum atomic E-state index is -0.318. The minimum absolute atomic E-state index is 0.318. The highest BCUT2D eigenvalue weighted by Crippen LogP contribution is 2.26. The van der Waals surface area contributed by atoms with E-state index >= 15 is 0 Å². The summed E-state index contributed by atoms with van der Waals surface area (Å²) in [7, 11) is 0. The molecule has 1 aliphatic heterocycles. The Morgan fingerprint density at radius 3 is 2.40 bits per heavy atom. The van der Waals surface area contributed by atoms with Gasteiger partial charge in [0, 0.05) is 24.3 Å². The van der Waals surface area contributed by atoms with Crippen molar-refractivity contribution < 1.29 is 9.13 Å². The van der Waals surface area contributed by atoms with Crippen molar-refractivity contribution in [1.82, 2.24) is 25.1 Å². The van der Waals surface area contributed by atoms with Crippen LogP contribution in [0.15, 0.2) is 54.6 Å². The molecule has 8 nitrogen and oxygen atoms in total. The van der Waals surface area contributed by atoms with E-state index in [0.29, 0.717) is 60.6 Å². The third kappa shape index (κ3) is 3.74. The maximum atomic E-state index is 13.3. The van der Waals surface area contributed by atoms with Gasteiger partial charge in [0.25, 0.3) is 0 Å². The predicted molar refractivity (Wildman–Crippen MR) is 111 cm³/mol. The number of hydrogen-bond donors (Lipinski definition) is 1. The molecule has 0 radical (unpaired) electrons. The Morgan fingerprint density at radius 2 is 1.63 bits per heavy atom. The number of nitrogens with one attached hydrogen (secondary N) is 1. The van der Waals surface area contributed by atoms with Crippen LogP contribution in [0.5, 0.6) is 0 Å². The third-order valence-electron chi connectivity index (χ3n) is 4.75. The van der Waals surface area contributed by atoms with Crippen molar-refractivity contribution in [3.8, 4) is 11.4 Å². The number of aromatic nitrogens is 5. The molecule has 0 aliphatic carbocycles. The first-order chi connectivity index (χ1) is 14.8. The van der Waals surface area contributed by atoms with Gasteiger partial charge in [-0.3, -0.25) is 0 Å². The number of fused-ring (bicyclic) bond motifs is 1. The molecule has 30 heavy (non-hydrogen) atoms. The van der Waals surface area contributed by atoms with E-state index in [-0.39, 0.29) is 5.82 Å². The molecule has 2 aromatic heterocycles. The zero-order valence-corrected chi connectivity index (χ0v) is 16.0. The molecule has 0 atom stereocenters. The highest BCUT2D eigenvalue weighted by atomic mass is 19.1. The molecular formula is C21H18FN7O. The quantitative estimate of drug-likeness (QED) is 0.556. The standard InChI is InChI=1S/C21H18FN7O/c22-15-8-6-14(7-9-15)18-24-17-19(28-27-18)25-21(23-16-4-2-1-3-5-16)26-20(17)29-10-12-30-13-11-29/h1-9H,10-13H2,(H,23,25,26,28). The van der Waals surface area contributed by atoms with E-state index in [0.717, 1.165) is 5.69 Å². The maximum absolute atomic E-state index is 13.3. The van der Waals surface area contributed by atoms with Crippen LogP contribution in [-0.2, 0) is 4.74 Å². The molecule has 3 heterocycles. The number of rotatable bonds is 4. The zero-order chi connectivity index (χ0) is 20.3. The van der Waals surface area contributed by atoms with Crippen LogP contribution < -0.4 is 10.2 Å². The molecule has 9 heteroatoms. The Bertz CT molecular complexity index is 1170. The van der Waals surface area contributed by atoms with Gasteiger partial charge in [-0.05, 0) is 36.4 Å². The van der Waals surface area contributed by atoms with Crippen LogP contribution >= 0.6 is 0 Å². The highest BCUT2D eigenvalue weighted by molar-refractivity contribution is 5.85. The second-order valence-corrected chi connectivity index (χ2v) is 6.78. The summed E-state index contributed by atoms with van der Waals surface area (Å²) in [6.07, 6.45) is 0. The van der Waals surface area contributed by atoms with Gasteiger partial charge in [0.15, 0.2) is 17.2 Å². The van der Waals surface area contributed by atoms with E-state index in [1.54, 1.807) is 12.1 Å². The van der Waals surface area contributed by atoms with Gasteiger partial charge >= 0.3 is 0 Å². The van der Waals surface area contributed by atoms with Gasteiger partial charge in [-0.15, -0.1) is 10.2 Å². The molecule has 2 aromatic carbocycles. The Balaban J connectivity index is 1.61. The van der Waals surface area contributed by atoms with Crippen LogP contribution in [0.2, 0.25) is 0 Å². The Hall–Kier alpha value is -3.72. The molecule has 0 amide bonds. The molecular weight excluding hydrogens is 385 g/mol. The van der Waals surface area contributed by atoms with Crippen LogP contribution in [0.3, 0.4) is 0 Å². The van der Waals surface area contributed by atoms with Crippen molar-refractivity contribution in [2.24, 2.45) is 0 Å². The van der Waals surface area contributed by atoms with Crippen LogP contribution in [0.4, 0.5) is 21.8 Å². The average Bonchev–Trinajstić information content (AvgIpc) is 2.80. The number of morpholine rings is 1. The van der Waals surface area contributed by atoms with Gasteiger partial charge in [-0.1, -0.05) is 18.2 Å². The first-order valence-corrected chi connectivity index (χ1v) is 9.59. The number of hydrogen-bond acceptors (Lipinski definition) is 8. The summed E-state index contributed by atoms with van der Waals surface area (Å²) in [6, 6.07) is 15.7. The first kappa shape index (κ1) is 18.3. The van der Waals surface area contributed by atoms with E-state index in [9.17, 15) is 4.39 Å². The summed E-state index contributed by atoms with van der Waals surface area (Å²) in [5.41, 5.74) is 2.47. The lowest BCUT2D eigenvalue weighted by Crippen LogP contribution is -2.37. The molecule has 1 saturated heterocycles. The second-order valence-electron chi connectivity index (χ2n) is 6.78. The second kappa shape index (κ2) is 7.96. The van der Waals surface area contributed by atoms with Crippen molar-refractivity contribution in [2.75, 3.05) is 36.5 Å². The number of nitrogens with zero attached hydrogens (tertiary/aromatic N) is 6. The third-order valence-corrected chi connectivity index (χ3v) is 4.75. The molecule has 0 spiro atoms. The number of para-hydroxylation sites is 1. The molecule has 1 fully saturated rings. The highest BCUT2D eigenvalue weighted by Gasteiger charge is 2.20. The summed E-state index contributed by atoms with van der Waals surface area (Å²) in [5.74, 6) is 1.16. The number of anilines is 3. The Morgan fingerprint density at radius 1 is 0.867 bits per heavy atom. The van der Waals surface area contributed by atoms with E-state index in [2.05, 4.69) is 30.4 Å². The molecule has 0 bridgehead atoms. The van der Waals surface area contributed by atoms with Gasteiger partial charge < -0.3 is 15.0 Å². The van der Waals surface area contributed by atoms with Crippen molar-refractivity contribution >= 4 is 28.6 Å². The largest absolute Gasteiger partial charge is 0.378 e. The van der Waals surface area contributed by atoms with E-state index in [1.807, 2.05) is 30.3 Å². The summed E-state index contributed by atoms with van der Waals surface area (Å²) < 4.78 is 18.8. The summed E-state index contributed by atoms with van der Waals surface area (Å²) in [6.45, 7) is 2.59. The fraction of sp³-hybridized carbons (Fsp3) is 0.190. The van der Waals surface area contributed by atoms with Crippen LogP contribution in [0, 0.1) is 5.82 Å². The average molecular weight is 403 g/mol. The normalized spacial score (nSPS) is 14.1. The van der Waals surface area contributed by atoms with Gasteiger partial charge in [-0.2, -0.15) is 9.97 Å². The molecule has 4 aromatic rings. The Kier molecular flexibility index (Phi) is 4.86. The van der Waals surface area contributed by atoms with Gasteiger partial charge in [0.2, 0.25) is 11.6 Å². The smallest absolute Gasteiger partial charge is 0.231 e. The fourth-order valence-electron chi connectivity index (χ4n) is 3.25. The van der Waals surface area contributed by atoms with E-state index < -0.39 is 0 Å². The first-order valence-electron chi connectivity index (χ1n) is 9.59. The van der Waals surface area contributed by atoms with Crippen LogP contribution in [0.25, 0.3) is 22.6 Å². The molecule has 150 valence electrons. The molecule has 0 saturated carbocycles. The molecule has 0 unspecified atom stereocenters. The zero-order valence-electron chi connectivity index (χ0n) is 16.0. The molecule has 5 rings (SSSR count). The molecule has 1 N–H and O–H groups in total.